The molecule has 1 heterocycles. The van der Waals surface area contributed by atoms with Gasteiger partial charge in [0.2, 0.25) is 0 Å². The van der Waals surface area contributed by atoms with Gasteiger partial charge in [-0.15, -0.1) is 0 Å². The number of nitrogens with zero attached hydrogens (tertiary/aromatic N) is 1. The summed E-state index contributed by atoms with van der Waals surface area (Å²) < 4.78 is 0. The predicted molar refractivity (Wildman–Crippen MR) is 70.9 cm³/mol. The average molecular weight is 262 g/mol. The molecular weight excluding hydrogens is 244 g/mol. The number of carboxylic acids is 1. The Balaban J connectivity index is 1.99. The number of carboxylic acid groups (broad SMARTS) is 1. The number of carbonyl (C=O) groups is 2. The van der Waals surface area contributed by atoms with Gasteiger partial charge in [0, 0.05) is 13.1 Å². The lowest BCUT2D eigenvalue weighted by atomic mass is 10.0. The number of amides is 2. The van der Waals surface area contributed by atoms with E-state index in [0.717, 1.165) is 12.0 Å². The van der Waals surface area contributed by atoms with Crippen molar-refractivity contribution in [1.82, 2.24) is 10.2 Å². The van der Waals surface area contributed by atoms with Crippen molar-refractivity contribution in [3.05, 3.63) is 35.4 Å². The minimum atomic E-state index is -0.886. The highest BCUT2D eigenvalue weighted by Crippen LogP contribution is 2.21. The van der Waals surface area contributed by atoms with E-state index in [-0.39, 0.29) is 25.0 Å². The lowest BCUT2D eigenvalue weighted by Crippen LogP contribution is -2.30. The summed E-state index contributed by atoms with van der Waals surface area (Å²) in [6.45, 7) is 2.88. The Morgan fingerprint density at radius 2 is 2.11 bits per heavy atom. The maximum atomic E-state index is 11.7. The largest absolute Gasteiger partial charge is 0.481 e. The molecule has 2 N–H and O–H groups in total. The molecule has 1 fully saturated rings. The van der Waals surface area contributed by atoms with Gasteiger partial charge in [-0.25, -0.2) is 4.79 Å². The van der Waals surface area contributed by atoms with Gasteiger partial charge in [0.15, 0.2) is 0 Å². The molecule has 0 saturated carbocycles. The van der Waals surface area contributed by atoms with E-state index in [1.165, 1.54) is 5.56 Å². The zero-order chi connectivity index (χ0) is 13.8. The zero-order valence-corrected chi connectivity index (χ0v) is 10.9. The van der Waals surface area contributed by atoms with Gasteiger partial charge in [0.1, 0.15) is 0 Å². The number of benzene rings is 1. The molecule has 1 aliphatic rings. The van der Waals surface area contributed by atoms with Gasteiger partial charge in [0.25, 0.3) is 0 Å². The highest BCUT2D eigenvalue weighted by atomic mass is 16.4. The van der Waals surface area contributed by atoms with E-state index in [0.29, 0.717) is 6.54 Å². The third kappa shape index (κ3) is 3.24. The Kier molecular flexibility index (Phi) is 4.04. The highest BCUT2D eigenvalue weighted by Gasteiger charge is 2.29. The molecule has 102 valence electrons. The molecule has 0 aromatic heterocycles. The second-order valence-corrected chi connectivity index (χ2v) is 4.69. The van der Waals surface area contributed by atoms with E-state index in [9.17, 15) is 9.59 Å². The fourth-order valence-electron chi connectivity index (χ4n) is 2.19. The van der Waals surface area contributed by atoms with Gasteiger partial charge in [-0.05, 0) is 17.5 Å². The van der Waals surface area contributed by atoms with Crippen LogP contribution in [0.1, 0.15) is 30.5 Å². The summed E-state index contributed by atoms with van der Waals surface area (Å²) in [5.41, 5.74) is 2.32. The van der Waals surface area contributed by atoms with E-state index < -0.39 is 5.97 Å². The Hall–Kier alpha value is -2.04. The SMILES string of the molecule is CCc1ccc(C2CN(CCC(=O)O)C(=O)N2)cc1. The van der Waals surface area contributed by atoms with Crippen LogP contribution in [0.25, 0.3) is 0 Å². The third-order valence-corrected chi connectivity index (χ3v) is 3.37. The first-order valence-electron chi connectivity index (χ1n) is 6.46. The molecule has 5 heteroatoms. The van der Waals surface area contributed by atoms with Gasteiger partial charge in [-0.3, -0.25) is 4.79 Å². The van der Waals surface area contributed by atoms with Crippen molar-refractivity contribution in [1.29, 1.82) is 0 Å². The van der Waals surface area contributed by atoms with Crippen molar-refractivity contribution in [2.24, 2.45) is 0 Å². The summed E-state index contributed by atoms with van der Waals surface area (Å²) >= 11 is 0. The van der Waals surface area contributed by atoms with Crippen molar-refractivity contribution < 1.29 is 14.7 Å². The molecule has 1 unspecified atom stereocenters. The Labute approximate surface area is 112 Å². The molecule has 0 spiro atoms. The maximum absolute atomic E-state index is 11.7. The van der Waals surface area contributed by atoms with Crippen molar-refractivity contribution in [2.75, 3.05) is 13.1 Å². The Morgan fingerprint density at radius 3 is 2.68 bits per heavy atom. The molecular formula is C14H18N2O3. The van der Waals surface area contributed by atoms with Crippen LogP contribution in [0.3, 0.4) is 0 Å². The number of aliphatic carboxylic acids is 1. The average Bonchev–Trinajstić information content (AvgIpc) is 2.78. The molecule has 1 atom stereocenters. The molecule has 1 aliphatic heterocycles. The standard InChI is InChI=1S/C14H18N2O3/c1-2-10-3-5-11(6-4-10)12-9-16(14(19)15-12)8-7-13(17)18/h3-6,12H,2,7-9H2,1H3,(H,15,19)(H,17,18). The van der Waals surface area contributed by atoms with E-state index in [4.69, 9.17) is 5.11 Å². The van der Waals surface area contributed by atoms with Crippen LogP contribution >= 0.6 is 0 Å². The summed E-state index contributed by atoms with van der Waals surface area (Å²) in [5.74, 6) is -0.886. The van der Waals surface area contributed by atoms with Crippen LogP contribution < -0.4 is 5.32 Å². The number of hydrogen-bond acceptors (Lipinski definition) is 2. The molecule has 2 rings (SSSR count). The van der Waals surface area contributed by atoms with Gasteiger partial charge in [-0.2, -0.15) is 0 Å². The quantitative estimate of drug-likeness (QED) is 0.850. The molecule has 1 aromatic carbocycles. The van der Waals surface area contributed by atoms with Crippen molar-refractivity contribution in [3.63, 3.8) is 0 Å². The van der Waals surface area contributed by atoms with Crippen LogP contribution in [0.15, 0.2) is 24.3 Å². The summed E-state index contributed by atoms with van der Waals surface area (Å²) in [5, 5.41) is 11.5. The number of urea groups is 1. The van der Waals surface area contributed by atoms with Crippen LogP contribution in [-0.4, -0.2) is 35.1 Å². The topological polar surface area (TPSA) is 69.6 Å². The van der Waals surface area contributed by atoms with Gasteiger partial charge < -0.3 is 15.3 Å². The van der Waals surface area contributed by atoms with E-state index >= 15 is 0 Å². The van der Waals surface area contributed by atoms with Crippen LogP contribution in [0.2, 0.25) is 0 Å². The summed E-state index contributed by atoms with van der Waals surface area (Å²) in [6.07, 6.45) is 0.969. The first kappa shape index (κ1) is 13.4. The number of carbonyl (C=O) groups excluding carboxylic acids is 1. The van der Waals surface area contributed by atoms with Crippen molar-refractivity contribution in [3.8, 4) is 0 Å². The molecule has 2 amide bonds. The maximum Gasteiger partial charge on any atom is 0.318 e. The van der Waals surface area contributed by atoms with Crippen molar-refractivity contribution >= 4 is 12.0 Å². The molecule has 0 aliphatic carbocycles. The van der Waals surface area contributed by atoms with Crippen LogP contribution in [0.5, 0.6) is 0 Å². The van der Waals surface area contributed by atoms with Crippen molar-refractivity contribution in [2.45, 2.75) is 25.8 Å². The van der Waals surface area contributed by atoms with Crippen LogP contribution in [-0.2, 0) is 11.2 Å². The van der Waals surface area contributed by atoms with Crippen LogP contribution in [0.4, 0.5) is 4.79 Å². The molecule has 19 heavy (non-hydrogen) atoms. The highest BCUT2D eigenvalue weighted by molar-refractivity contribution is 5.78. The predicted octanol–water partition coefficient (Wildman–Crippen LogP) is 1.79. The first-order chi connectivity index (χ1) is 9.10. The van der Waals surface area contributed by atoms with Crippen LogP contribution in [0, 0.1) is 0 Å². The molecule has 0 bridgehead atoms. The first-order valence-corrected chi connectivity index (χ1v) is 6.46. The lowest BCUT2D eigenvalue weighted by molar-refractivity contribution is -0.137. The van der Waals surface area contributed by atoms with E-state index in [1.807, 2.05) is 12.1 Å². The Bertz CT molecular complexity index is 470. The number of aryl methyl sites for hydroxylation is 1. The molecule has 1 aromatic rings. The second-order valence-electron chi connectivity index (χ2n) is 4.69. The smallest absolute Gasteiger partial charge is 0.318 e. The third-order valence-electron chi connectivity index (χ3n) is 3.37. The summed E-state index contributed by atoms with van der Waals surface area (Å²) in [4.78, 5) is 23.8. The monoisotopic (exact) mass is 262 g/mol. The summed E-state index contributed by atoms with van der Waals surface area (Å²) in [7, 11) is 0. The second kappa shape index (κ2) is 5.73. The summed E-state index contributed by atoms with van der Waals surface area (Å²) in [6, 6.07) is 7.91. The van der Waals surface area contributed by atoms with Gasteiger partial charge >= 0.3 is 12.0 Å². The minimum Gasteiger partial charge on any atom is -0.481 e. The van der Waals surface area contributed by atoms with E-state index in [2.05, 4.69) is 24.4 Å². The minimum absolute atomic E-state index is 0.0189. The fourth-order valence-corrected chi connectivity index (χ4v) is 2.19. The van der Waals surface area contributed by atoms with E-state index in [1.54, 1.807) is 4.90 Å². The molecule has 0 radical (unpaired) electrons. The molecule has 1 saturated heterocycles. The Morgan fingerprint density at radius 1 is 1.42 bits per heavy atom. The van der Waals surface area contributed by atoms with Gasteiger partial charge in [-0.1, -0.05) is 31.2 Å². The number of hydrogen-bond donors (Lipinski definition) is 2. The number of nitrogens with one attached hydrogen (secondary N) is 1. The fraction of sp³-hybridized carbons (Fsp3) is 0.429. The zero-order valence-electron chi connectivity index (χ0n) is 10.9. The molecule has 5 nitrogen and oxygen atoms in total. The number of rotatable bonds is 5. The lowest BCUT2D eigenvalue weighted by Gasteiger charge is -2.13. The normalized spacial score (nSPS) is 18.5. The van der Waals surface area contributed by atoms with Gasteiger partial charge in [0.05, 0.1) is 12.5 Å².